The maximum atomic E-state index is 11.9. The Morgan fingerprint density at radius 1 is 1.35 bits per heavy atom. The van der Waals surface area contributed by atoms with Gasteiger partial charge in [0.25, 0.3) is 0 Å². The van der Waals surface area contributed by atoms with Gasteiger partial charge in [0.2, 0.25) is 0 Å². The number of hydrogen-bond donors (Lipinski definition) is 3. The summed E-state index contributed by atoms with van der Waals surface area (Å²) >= 11 is 0. The number of aliphatic hydroxyl groups is 1. The van der Waals surface area contributed by atoms with Crippen LogP contribution in [0.2, 0.25) is 0 Å². The summed E-state index contributed by atoms with van der Waals surface area (Å²) in [5.41, 5.74) is 0.712. The number of carbonyl (C=O) groups excluding carboxylic acids is 1. The summed E-state index contributed by atoms with van der Waals surface area (Å²) < 4.78 is 5.39. The molecular weight excluding hydrogens is 256 g/mol. The fourth-order valence-electron chi connectivity index (χ4n) is 2.40. The Labute approximate surface area is 119 Å². The predicted molar refractivity (Wildman–Crippen MR) is 78.0 cm³/mol. The van der Waals surface area contributed by atoms with E-state index < -0.39 is 0 Å². The SMILES string of the molecule is CCOc1cccc(NC(=O)NC2CCC(O)CC2)c1. The van der Waals surface area contributed by atoms with Crippen molar-refractivity contribution >= 4 is 11.7 Å². The number of nitrogens with one attached hydrogen (secondary N) is 2. The van der Waals surface area contributed by atoms with Crippen molar-refractivity contribution in [3.8, 4) is 5.75 Å². The summed E-state index contributed by atoms with van der Waals surface area (Å²) in [6.45, 7) is 2.52. The zero-order valence-electron chi connectivity index (χ0n) is 11.8. The van der Waals surface area contributed by atoms with Gasteiger partial charge in [-0.3, -0.25) is 0 Å². The molecule has 0 radical (unpaired) electrons. The lowest BCUT2D eigenvalue weighted by Crippen LogP contribution is -2.40. The number of hydrogen-bond acceptors (Lipinski definition) is 3. The van der Waals surface area contributed by atoms with Crippen molar-refractivity contribution in [3.05, 3.63) is 24.3 Å². The molecule has 0 atom stereocenters. The minimum Gasteiger partial charge on any atom is -0.494 e. The maximum Gasteiger partial charge on any atom is 0.319 e. The minimum absolute atomic E-state index is 0.147. The molecule has 5 nitrogen and oxygen atoms in total. The summed E-state index contributed by atoms with van der Waals surface area (Å²) in [4.78, 5) is 11.9. The van der Waals surface area contributed by atoms with Crippen molar-refractivity contribution in [1.82, 2.24) is 5.32 Å². The van der Waals surface area contributed by atoms with Crippen LogP contribution in [-0.2, 0) is 0 Å². The van der Waals surface area contributed by atoms with Crippen LogP contribution in [0.3, 0.4) is 0 Å². The largest absolute Gasteiger partial charge is 0.494 e. The third-order valence-electron chi connectivity index (χ3n) is 3.43. The van der Waals surface area contributed by atoms with Gasteiger partial charge >= 0.3 is 6.03 Å². The Kier molecular flexibility index (Phi) is 5.24. The smallest absolute Gasteiger partial charge is 0.319 e. The van der Waals surface area contributed by atoms with Gasteiger partial charge in [-0.15, -0.1) is 0 Å². The summed E-state index contributed by atoms with van der Waals surface area (Å²) in [6, 6.07) is 7.26. The van der Waals surface area contributed by atoms with Gasteiger partial charge in [0, 0.05) is 17.8 Å². The highest BCUT2D eigenvalue weighted by molar-refractivity contribution is 5.89. The van der Waals surface area contributed by atoms with E-state index in [1.54, 1.807) is 6.07 Å². The molecule has 1 fully saturated rings. The highest BCUT2D eigenvalue weighted by atomic mass is 16.5. The summed E-state index contributed by atoms with van der Waals surface area (Å²) in [5, 5.41) is 15.2. The zero-order chi connectivity index (χ0) is 14.4. The van der Waals surface area contributed by atoms with E-state index in [0.29, 0.717) is 12.3 Å². The normalized spacial score (nSPS) is 22.1. The van der Waals surface area contributed by atoms with Crippen LogP contribution in [0.25, 0.3) is 0 Å². The third kappa shape index (κ3) is 4.42. The van der Waals surface area contributed by atoms with Gasteiger partial charge in [0.05, 0.1) is 12.7 Å². The number of amides is 2. The number of benzene rings is 1. The van der Waals surface area contributed by atoms with Gasteiger partial charge in [-0.2, -0.15) is 0 Å². The Morgan fingerprint density at radius 2 is 2.10 bits per heavy atom. The molecule has 0 saturated heterocycles. The monoisotopic (exact) mass is 278 g/mol. The molecule has 0 bridgehead atoms. The van der Waals surface area contributed by atoms with Crippen molar-refractivity contribution in [2.45, 2.75) is 44.8 Å². The lowest BCUT2D eigenvalue weighted by molar-refractivity contribution is 0.118. The molecule has 1 aliphatic rings. The first-order valence-corrected chi connectivity index (χ1v) is 7.16. The molecule has 2 rings (SSSR count). The van der Waals surface area contributed by atoms with Gasteiger partial charge in [-0.25, -0.2) is 4.79 Å². The summed E-state index contributed by atoms with van der Waals surface area (Å²) in [5.74, 6) is 0.742. The lowest BCUT2D eigenvalue weighted by Gasteiger charge is -2.26. The highest BCUT2D eigenvalue weighted by Crippen LogP contribution is 2.19. The quantitative estimate of drug-likeness (QED) is 0.792. The molecule has 0 heterocycles. The van der Waals surface area contributed by atoms with Crippen LogP contribution >= 0.6 is 0 Å². The number of anilines is 1. The molecule has 5 heteroatoms. The van der Waals surface area contributed by atoms with Gasteiger partial charge in [0.1, 0.15) is 5.75 Å². The van der Waals surface area contributed by atoms with E-state index in [-0.39, 0.29) is 18.2 Å². The van der Waals surface area contributed by atoms with Crippen molar-refractivity contribution in [2.24, 2.45) is 0 Å². The van der Waals surface area contributed by atoms with Crippen LogP contribution in [0.15, 0.2) is 24.3 Å². The molecule has 20 heavy (non-hydrogen) atoms. The number of ether oxygens (including phenoxy) is 1. The average molecular weight is 278 g/mol. The molecule has 0 unspecified atom stereocenters. The van der Waals surface area contributed by atoms with Gasteiger partial charge in [0.15, 0.2) is 0 Å². The Hall–Kier alpha value is -1.75. The van der Waals surface area contributed by atoms with E-state index in [1.807, 2.05) is 25.1 Å². The predicted octanol–water partition coefficient (Wildman–Crippen LogP) is 2.51. The van der Waals surface area contributed by atoms with E-state index >= 15 is 0 Å². The standard InChI is InChI=1S/C15H22N2O3/c1-2-20-14-5-3-4-12(10-14)17-15(19)16-11-6-8-13(18)9-7-11/h3-5,10-11,13,18H,2,6-9H2,1H3,(H2,16,17,19). The third-order valence-corrected chi connectivity index (χ3v) is 3.43. The number of aliphatic hydroxyl groups excluding tert-OH is 1. The van der Waals surface area contributed by atoms with E-state index in [1.165, 1.54) is 0 Å². The first kappa shape index (κ1) is 14.7. The molecule has 1 aromatic rings. The fourth-order valence-corrected chi connectivity index (χ4v) is 2.40. The van der Waals surface area contributed by atoms with Crippen LogP contribution in [-0.4, -0.2) is 29.9 Å². The second kappa shape index (κ2) is 7.14. The maximum absolute atomic E-state index is 11.9. The van der Waals surface area contributed by atoms with Crippen molar-refractivity contribution < 1.29 is 14.6 Å². The first-order chi connectivity index (χ1) is 9.67. The molecule has 1 saturated carbocycles. The number of rotatable bonds is 4. The average Bonchev–Trinajstić information content (AvgIpc) is 2.42. The number of urea groups is 1. The van der Waals surface area contributed by atoms with Crippen LogP contribution < -0.4 is 15.4 Å². The van der Waals surface area contributed by atoms with E-state index in [9.17, 15) is 9.90 Å². The van der Waals surface area contributed by atoms with Gasteiger partial charge in [-0.1, -0.05) is 6.07 Å². The molecule has 0 aromatic heterocycles. The van der Waals surface area contributed by atoms with Crippen LogP contribution in [0.4, 0.5) is 10.5 Å². The second-order valence-corrected chi connectivity index (χ2v) is 5.06. The molecule has 2 amide bonds. The summed E-state index contributed by atoms with van der Waals surface area (Å²) in [6.07, 6.45) is 2.95. The molecule has 1 aromatic carbocycles. The van der Waals surface area contributed by atoms with Crippen LogP contribution in [0.5, 0.6) is 5.75 Å². The Bertz CT molecular complexity index is 442. The van der Waals surface area contributed by atoms with E-state index in [4.69, 9.17) is 4.74 Å². The second-order valence-electron chi connectivity index (χ2n) is 5.06. The van der Waals surface area contributed by atoms with Crippen molar-refractivity contribution in [3.63, 3.8) is 0 Å². The van der Waals surface area contributed by atoms with Gasteiger partial charge < -0.3 is 20.5 Å². The lowest BCUT2D eigenvalue weighted by atomic mass is 9.93. The van der Waals surface area contributed by atoms with Crippen LogP contribution in [0.1, 0.15) is 32.6 Å². The highest BCUT2D eigenvalue weighted by Gasteiger charge is 2.20. The molecule has 0 spiro atoms. The molecule has 1 aliphatic carbocycles. The molecular formula is C15H22N2O3. The van der Waals surface area contributed by atoms with Gasteiger partial charge in [-0.05, 0) is 44.7 Å². The fraction of sp³-hybridized carbons (Fsp3) is 0.533. The Morgan fingerprint density at radius 3 is 2.80 bits per heavy atom. The van der Waals surface area contributed by atoms with Crippen molar-refractivity contribution in [2.75, 3.05) is 11.9 Å². The van der Waals surface area contributed by atoms with Crippen LogP contribution in [0, 0.1) is 0 Å². The first-order valence-electron chi connectivity index (χ1n) is 7.16. The molecule has 0 aliphatic heterocycles. The van der Waals surface area contributed by atoms with Crippen molar-refractivity contribution in [1.29, 1.82) is 0 Å². The summed E-state index contributed by atoms with van der Waals surface area (Å²) in [7, 11) is 0. The topological polar surface area (TPSA) is 70.6 Å². The van der Waals surface area contributed by atoms with E-state index in [2.05, 4.69) is 10.6 Å². The minimum atomic E-state index is -0.209. The number of carbonyl (C=O) groups is 1. The Balaban J connectivity index is 1.83. The molecule has 3 N–H and O–H groups in total. The zero-order valence-corrected chi connectivity index (χ0v) is 11.8. The van der Waals surface area contributed by atoms with E-state index in [0.717, 1.165) is 31.4 Å². The molecule has 110 valence electrons.